The SMILES string of the molecule is Cc1ccc(CC2C=CC(c3ccc(C)cc3)=CC2)cc1. The summed E-state index contributed by atoms with van der Waals surface area (Å²) < 4.78 is 0. The maximum Gasteiger partial charge on any atom is -0.0155 e. The number of hydrogen-bond acceptors (Lipinski definition) is 0. The summed E-state index contributed by atoms with van der Waals surface area (Å²) in [5, 5.41) is 0. The molecule has 0 radical (unpaired) electrons. The molecule has 0 heteroatoms. The average Bonchev–Trinajstić information content (AvgIpc) is 2.51. The van der Waals surface area contributed by atoms with Crippen LogP contribution >= 0.6 is 0 Å². The van der Waals surface area contributed by atoms with E-state index in [-0.39, 0.29) is 0 Å². The lowest BCUT2D eigenvalue weighted by Gasteiger charge is -2.17. The second kappa shape index (κ2) is 6.13. The highest BCUT2D eigenvalue weighted by Crippen LogP contribution is 2.26. The normalized spacial score (nSPS) is 17.6. The predicted octanol–water partition coefficient (Wildman–Crippen LogP) is 5.51. The van der Waals surface area contributed by atoms with Crippen LogP contribution in [0, 0.1) is 19.8 Å². The Kier molecular flexibility index (Phi) is 4.06. The van der Waals surface area contributed by atoms with Gasteiger partial charge in [-0.15, -0.1) is 0 Å². The van der Waals surface area contributed by atoms with Crippen LogP contribution in [0.5, 0.6) is 0 Å². The van der Waals surface area contributed by atoms with E-state index in [9.17, 15) is 0 Å². The Morgan fingerprint density at radius 1 is 0.857 bits per heavy atom. The highest BCUT2D eigenvalue weighted by molar-refractivity contribution is 5.75. The van der Waals surface area contributed by atoms with E-state index in [2.05, 4.69) is 80.6 Å². The van der Waals surface area contributed by atoms with Crippen LogP contribution in [0.3, 0.4) is 0 Å². The van der Waals surface area contributed by atoms with Gasteiger partial charge < -0.3 is 0 Å². The van der Waals surface area contributed by atoms with Crippen LogP contribution < -0.4 is 0 Å². The van der Waals surface area contributed by atoms with Gasteiger partial charge in [-0.3, -0.25) is 0 Å². The fourth-order valence-corrected chi connectivity index (χ4v) is 2.80. The van der Waals surface area contributed by atoms with Crippen molar-refractivity contribution in [3.63, 3.8) is 0 Å². The zero-order valence-electron chi connectivity index (χ0n) is 12.8. The van der Waals surface area contributed by atoms with Crippen LogP contribution in [-0.2, 0) is 6.42 Å². The molecule has 0 bridgehead atoms. The van der Waals surface area contributed by atoms with Gasteiger partial charge in [-0.1, -0.05) is 77.9 Å². The summed E-state index contributed by atoms with van der Waals surface area (Å²) in [5.74, 6) is 0.627. The summed E-state index contributed by atoms with van der Waals surface area (Å²) in [6.07, 6.45) is 9.30. The van der Waals surface area contributed by atoms with Crippen molar-refractivity contribution < 1.29 is 0 Å². The first-order valence-corrected chi connectivity index (χ1v) is 7.72. The molecule has 0 saturated carbocycles. The molecule has 0 fully saturated rings. The number of rotatable bonds is 3. The molecule has 1 atom stereocenters. The molecule has 0 saturated heterocycles. The number of benzene rings is 2. The van der Waals surface area contributed by atoms with Crippen LogP contribution in [0.4, 0.5) is 0 Å². The second-order valence-corrected chi connectivity index (χ2v) is 6.07. The minimum atomic E-state index is 0.627. The first-order chi connectivity index (χ1) is 10.2. The Bertz CT molecular complexity index is 654. The van der Waals surface area contributed by atoms with E-state index in [1.165, 1.54) is 27.8 Å². The summed E-state index contributed by atoms with van der Waals surface area (Å²) in [6.45, 7) is 4.27. The van der Waals surface area contributed by atoms with Crippen LogP contribution in [0.25, 0.3) is 5.57 Å². The van der Waals surface area contributed by atoms with Gasteiger partial charge in [-0.25, -0.2) is 0 Å². The van der Waals surface area contributed by atoms with Crippen LogP contribution in [-0.4, -0.2) is 0 Å². The second-order valence-electron chi connectivity index (χ2n) is 6.07. The van der Waals surface area contributed by atoms with Crippen molar-refractivity contribution in [2.24, 2.45) is 5.92 Å². The largest absolute Gasteiger partial charge is 0.0802 e. The van der Waals surface area contributed by atoms with E-state index >= 15 is 0 Å². The zero-order valence-corrected chi connectivity index (χ0v) is 12.8. The van der Waals surface area contributed by atoms with Crippen molar-refractivity contribution in [1.29, 1.82) is 0 Å². The zero-order chi connectivity index (χ0) is 14.7. The molecule has 0 N–H and O–H groups in total. The van der Waals surface area contributed by atoms with E-state index in [4.69, 9.17) is 0 Å². The summed E-state index contributed by atoms with van der Waals surface area (Å²) in [4.78, 5) is 0. The van der Waals surface area contributed by atoms with Crippen LogP contribution in [0.2, 0.25) is 0 Å². The van der Waals surface area contributed by atoms with Gasteiger partial charge in [0, 0.05) is 0 Å². The molecule has 2 aromatic carbocycles. The Labute approximate surface area is 127 Å². The lowest BCUT2D eigenvalue weighted by molar-refractivity contribution is 0.655. The molecule has 0 nitrogen and oxygen atoms in total. The predicted molar refractivity (Wildman–Crippen MR) is 91.3 cm³/mol. The Balaban J connectivity index is 1.65. The van der Waals surface area contributed by atoms with Gasteiger partial charge in [-0.2, -0.15) is 0 Å². The van der Waals surface area contributed by atoms with Gasteiger partial charge in [0.2, 0.25) is 0 Å². The first kappa shape index (κ1) is 13.9. The van der Waals surface area contributed by atoms with Crippen LogP contribution in [0.15, 0.2) is 66.8 Å². The van der Waals surface area contributed by atoms with Gasteiger partial charge in [-0.05, 0) is 49.3 Å². The topological polar surface area (TPSA) is 0 Å². The minimum absolute atomic E-state index is 0.627. The van der Waals surface area contributed by atoms with Crippen molar-refractivity contribution in [1.82, 2.24) is 0 Å². The van der Waals surface area contributed by atoms with E-state index in [0.717, 1.165) is 12.8 Å². The molecule has 106 valence electrons. The molecule has 1 aliphatic rings. The molecular formula is C21H22. The third-order valence-electron chi connectivity index (χ3n) is 4.19. The van der Waals surface area contributed by atoms with Crippen molar-refractivity contribution in [2.45, 2.75) is 26.7 Å². The highest BCUT2D eigenvalue weighted by Gasteiger charge is 2.10. The van der Waals surface area contributed by atoms with Gasteiger partial charge in [0.1, 0.15) is 0 Å². The standard InChI is InChI=1S/C21H22/c1-16-3-7-18(8-4-16)15-19-9-13-21(14-10-19)20-11-5-17(2)6-12-20/h3-9,11-14,19H,10,15H2,1-2H3. The van der Waals surface area contributed by atoms with E-state index in [1.54, 1.807) is 0 Å². The Hall–Kier alpha value is -2.08. The van der Waals surface area contributed by atoms with Crippen molar-refractivity contribution in [3.8, 4) is 0 Å². The maximum absolute atomic E-state index is 2.38. The fraction of sp³-hybridized carbons (Fsp3) is 0.238. The monoisotopic (exact) mass is 274 g/mol. The van der Waals surface area contributed by atoms with Crippen molar-refractivity contribution >= 4 is 5.57 Å². The Morgan fingerprint density at radius 2 is 1.48 bits per heavy atom. The van der Waals surface area contributed by atoms with Crippen molar-refractivity contribution in [2.75, 3.05) is 0 Å². The minimum Gasteiger partial charge on any atom is -0.0802 e. The summed E-state index contributed by atoms with van der Waals surface area (Å²) in [5.41, 5.74) is 6.76. The van der Waals surface area contributed by atoms with Gasteiger partial charge in [0.15, 0.2) is 0 Å². The molecule has 2 aromatic rings. The molecule has 0 aromatic heterocycles. The Morgan fingerprint density at radius 3 is 2.05 bits per heavy atom. The number of aryl methyl sites for hydroxylation is 2. The van der Waals surface area contributed by atoms with Crippen LogP contribution in [0.1, 0.15) is 28.7 Å². The van der Waals surface area contributed by atoms with Gasteiger partial charge in [0.05, 0.1) is 0 Å². The van der Waals surface area contributed by atoms with E-state index < -0.39 is 0 Å². The van der Waals surface area contributed by atoms with Gasteiger partial charge >= 0.3 is 0 Å². The number of hydrogen-bond donors (Lipinski definition) is 0. The number of allylic oxidation sites excluding steroid dienone is 4. The fourth-order valence-electron chi connectivity index (χ4n) is 2.80. The third kappa shape index (κ3) is 3.52. The van der Waals surface area contributed by atoms with Gasteiger partial charge in [0.25, 0.3) is 0 Å². The summed E-state index contributed by atoms with van der Waals surface area (Å²) in [7, 11) is 0. The summed E-state index contributed by atoms with van der Waals surface area (Å²) in [6, 6.07) is 17.7. The summed E-state index contributed by atoms with van der Waals surface area (Å²) >= 11 is 0. The lowest BCUT2D eigenvalue weighted by atomic mass is 9.88. The first-order valence-electron chi connectivity index (χ1n) is 7.72. The molecule has 0 spiro atoms. The van der Waals surface area contributed by atoms with Crippen molar-refractivity contribution in [3.05, 3.63) is 89.0 Å². The smallest absolute Gasteiger partial charge is 0.0155 e. The molecule has 0 heterocycles. The lowest BCUT2D eigenvalue weighted by Crippen LogP contribution is -2.03. The molecule has 0 aliphatic heterocycles. The highest BCUT2D eigenvalue weighted by atomic mass is 14.2. The molecular weight excluding hydrogens is 252 g/mol. The van der Waals surface area contributed by atoms with E-state index in [1.807, 2.05) is 0 Å². The molecule has 1 unspecified atom stereocenters. The third-order valence-corrected chi connectivity index (χ3v) is 4.19. The molecule has 21 heavy (non-hydrogen) atoms. The maximum atomic E-state index is 2.38. The molecule has 1 aliphatic carbocycles. The molecule has 3 rings (SSSR count). The van der Waals surface area contributed by atoms with E-state index in [0.29, 0.717) is 5.92 Å². The quantitative estimate of drug-likeness (QED) is 0.692. The average molecular weight is 274 g/mol. The molecule has 0 amide bonds.